The Hall–Kier alpha value is -6.17. The van der Waals surface area contributed by atoms with Gasteiger partial charge in [-0.2, -0.15) is 0 Å². The van der Waals surface area contributed by atoms with Crippen LogP contribution in [0.15, 0.2) is 162 Å². The van der Waals surface area contributed by atoms with E-state index in [9.17, 15) is 0 Å². The molecule has 0 radical (unpaired) electrons. The number of aliphatic imine (C=N–C) groups is 1. The van der Waals surface area contributed by atoms with E-state index in [1.165, 1.54) is 75.8 Å². The first-order valence-corrected chi connectivity index (χ1v) is 19.3. The highest BCUT2D eigenvalue weighted by molar-refractivity contribution is 7.22. The predicted octanol–water partition coefficient (Wildman–Crippen LogP) is 11.4. The van der Waals surface area contributed by atoms with Crippen LogP contribution in [0.2, 0.25) is 0 Å². The molecule has 252 valence electrons. The minimum Gasteiger partial charge on any atom is -0.485 e. The molecule has 53 heavy (non-hydrogen) atoms. The number of thiophene rings is 1. The van der Waals surface area contributed by atoms with Crippen LogP contribution < -0.4 is 10.1 Å². The number of nitrogens with one attached hydrogen (secondary N) is 1. The number of ether oxygens (including phenoxy) is 1. The Morgan fingerprint density at radius 2 is 1.60 bits per heavy atom. The summed E-state index contributed by atoms with van der Waals surface area (Å²) in [6.07, 6.45) is 8.32. The van der Waals surface area contributed by atoms with Crippen LogP contribution in [-0.4, -0.2) is 22.5 Å². The predicted molar refractivity (Wildman–Crippen MR) is 219 cm³/mol. The lowest BCUT2D eigenvalue weighted by Gasteiger charge is -2.31. The van der Waals surface area contributed by atoms with E-state index in [1.54, 1.807) is 0 Å². The van der Waals surface area contributed by atoms with Crippen LogP contribution in [0.5, 0.6) is 5.75 Å². The van der Waals surface area contributed by atoms with Crippen molar-refractivity contribution in [3.8, 4) is 22.6 Å². The highest BCUT2D eigenvalue weighted by atomic mass is 32.1. The van der Waals surface area contributed by atoms with Crippen molar-refractivity contribution in [2.45, 2.75) is 31.0 Å². The second-order valence-corrected chi connectivity index (χ2v) is 15.6. The third-order valence-electron chi connectivity index (χ3n) is 11.7. The van der Waals surface area contributed by atoms with Crippen molar-refractivity contribution in [1.29, 1.82) is 0 Å². The van der Waals surface area contributed by atoms with E-state index in [2.05, 4.69) is 162 Å². The van der Waals surface area contributed by atoms with Crippen molar-refractivity contribution in [2.24, 2.45) is 4.99 Å². The molecule has 2 aliphatic heterocycles. The molecule has 2 aromatic heterocycles. The number of rotatable bonds is 3. The first-order valence-electron chi connectivity index (χ1n) is 18.5. The van der Waals surface area contributed by atoms with E-state index >= 15 is 0 Å². The molecule has 8 aromatic rings. The van der Waals surface area contributed by atoms with Crippen LogP contribution in [0.3, 0.4) is 0 Å². The smallest absolute Gasteiger partial charge is 0.142 e. The summed E-state index contributed by atoms with van der Waals surface area (Å²) in [7, 11) is 0. The van der Waals surface area contributed by atoms with Gasteiger partial charge in [-0.15, -0.1) is 11.3 Å². The van der Waals surface area contributed by atoms with E-state index in [0.717, 1.165) is 35.6 Å². The number of aromatic nitrogens is 1. The average Bonchev–Trinajstić information content (AvgIpc) is 3.90. The summed E-state index contributed by atoms with van der Waals surface area (Å²) in [6, 6.07) is 48.6. The van der Waals surface area contributed by atoms with E-state index < -0.39 is 0 Å². The summed E-state index contributed by atoms with van der Waals surface area (Å²) in [5.41, 5.74) is 13.7. The number of hydrogen-bond acceptors (Lipinski definition) is 4. The Kier molecular flexibility index (Phi) is 6.20. The quantitative estimate of drug-likeness (QED) is 0.199. The maximum absolute atomic E-state index is 6.87. The van der Waals surface area contributed by atoms with Crippen LogP contribution in [0.4, 0.5) is 5.69 Å². The number of anilines is 1. The number of nitrogens with zero attached hydrogens (tertiary/aromatic N) is 2. The van der Waals surface area contributed by atoms with Gasteiger partial charge in [-0.25, -0.2) is 0 Å². The Bertz CT molecular complexity index is 2930. The van der Waals surface area contributed by atoms with Gasteiger partial charge >= 0.3 is 0 Å². The Morgan fingerprint density at radius 1 is 0.774 bits per heavy atom. The molecule has 3 unspecified atom stereocenters. The third kappa shape index (κ3) is 4.26. The van der Waals surface area contributed by atoms with E-state index in [1.807, 2.05) is 11.3 Å². The van der Waals surface area contributed by atoms with Crippen molar-refractivity contribution < 1.29 is 4.74 Å². The normalized spacial score (nSPS) is 19.4. The first kappa shape index (κ1) is 29.4. The Balaban J connectivity index is 0.992. The zero-order valence-corrected chi connectivity index (χ0v) is 29.6. The van der Waals surface area contributed by atoms with Gasteiger partial charge in [-0.3, -0.25) is 4.99 Å². The monoisotopic (exact) mass is 699 g/mol. The van der Waals surface area contributed by atoms with Gasteiger partial charge in [0, 0.05) is 49.6 Å². The molecule has 2 aliphatic carbocycles. The topological polar surface area (TPSA) is 38.5 Å². The van der Waals surface area contributed by atoms with E-state index in [-0.39, 0.29) is 18.2 Å². The maximum Gasteiger partial charge on any atom is 0.142 e. The first-order chi connectivity index (χ1) is 26.3. The summed E-state index contributed by atoms with van der Waals surface area (Å²) < 4.78 is 10.6. The molecule has 0 saturated carbocycles. The number of benzene rings is 6. The summed E-state index contributed by atoms with van der Waals surface area (Å²) >= 11 is 1.81. The maximum atomic E-state index is 6.87. The summed E-state index contributed by atoms with van der Waals surface area (Å²) in [6.45, 7) is 0. The van der Waals surface area contributed by atoms with Crippen LogP contribution >= 0.6 is 11.3 Å². The van der Waals surface area contributed by atoms with Gasteiger partial charge in [-0.1, -0.05) is 121 Å². The molecule has 5 heteroatoms. The second-order valence-electron chi connectivity index (χ2n) is 14.5. The molecule has 4 heterocycles. The summed E-state index contributed by atoms with van der Waals surface area (Å²) in [5, 5.41) is 9.06. The van der Waals surface area contributed by atoms with Gasteiger partial charge in [0.1, 0.15) is 18.0 Å². The van der Waals surface area contributed by atoms with Gasteiger partial charge in [0.25, 0.3) is 0 Å². The fourth-order valence-corrected chi connectivity index (χ4v) is 10.6. The molecule has 0 fully saturated rings. The lowest BCUT2D eigenvalue weighted by Crippen LogP contribution is -2.33. The molecular formula is C48H33N3OS. The average molecular weight is 700 g/mol. The molecular weight excluding hydrogens is 667 g/mol. The third-order valence-corrected chi connectivity index (χ3v) is 12.9. The zero-order valence-electron chi connectivity index (χ0n) is 28.8. The molecule has 0 bridgehead atoms. The van der Waals surface area contributed by atoms with Crippen molar-refractivity contribution in [2.75, 3.05) is 5.32 Å². The van der Waals surface area contributed by atoms with Crippen LogP contribution in [0, 0.1) is 0 Å². The largest absolute Gasteiger partial charge is 0.485 e. The van der Waals surface area contributed by atoms with E-state index in [4.69, 9.17) is 9.73 Å². The number of aryl methyl sites for hydroxylation is 1. The fourth-order valence-electron chi connectivity index (χ4n) is 9.41. The SMILES string of the molecule is C1=CC2Oc3cc(-n4c5c(c6c7ccccc7ccc64)-c4ccccc4CC5)ccc3C2C(C2N=C(c3ccccc3)c3sc4ccccc4c3N2)=C1. The van der Waals surface area contributed by atoms with Gasteiger partial charge in [0.15, 0.2) is 0 Å². The highest BCUT2D eigenvalue weighted by Gasteiger charge is 2.41. The molecule has 4 nitrogen and oxygen atoms in total. The fraction of sp³-hybridized carbons (Fsp3) is 0.104. The lowest BCUT2D eigenvalue weighted by molar-refractivity contribution is 0.262. The van der Waals surface area contributed by atoms with Crippen LogP contribution in [-0.2, 0) is 12.8 Å². The molecule has 0 saturated heterocycles. The Morgan fingerprint density at radius 3 is 2.55 bits per heavy atom. The number of fused-ring (bicyclic) bond motifs is 13. The second kappa shape index (κ2) is 11.2. The molecule has 1 N–H and O–H groups in total. The van der Waals surface area contributed by atoms with Crippen LogP contribution in [0.25, 0.3) is 48.6 Å². The molecule has 4 aliphatic rings. The molecule has 0 spiro atoms. The van der Waals surface area contributed by atoms with Gasteiger partial charge in [0.05, 0.1) is 27.7 Å². The standard InChI is InChI=1S/C48H33N3OS/c1-2-13-30(14-3-1)45-47-46(35-17-8-9-20-41(35)53-47)50-48(49-45)36-18-10-19-39-42(36)34-24-23-31(27-40(34)52-39)51-37-25-21-28-11-4-6-15-32(28)43(37)44-33-16-7-5-12-29(33)22-26-38(44)51/h1-21,23-25,27,39,42,48,50H,22,26H2. The molecule has 0 amide bonds. The number of hydrogen-bond donors (Lipinski definition) is 1. The van der Waals surface area contributed by atoms with Crippen molar-refractivity contribution in [3.63, 3.8) is 0 Å². The van der Waals surface area contributed by atoms with E-state index in [0.29, 0.717) is 0 Å². The lowest BCUT2D eigenvalue weighted by atomic mass is 9.82. The Labute approximate surface area is 311 Å². The van der Waals surface area contributed by atoms with Gasteiger partial charge in [-0.05, 0) is 64.6 Å². The van der Waals surface area contributed by atoms with Crippen molar-refractivity contribution in [3.05, 3.63) is 185 Å². The van der Waals surface area contributed by atoms with Gasteiger partial charge in [0.2, 0.25) is 0 Å². The minimum absolute atomic E-state index is 0.0555. The summed E-state index contributed by atoms with van der Waals surface area (Å²) in [5.74, 6) is 1.01. The number of allylic oxidation sites excluding steroid dienone is 2. The minimum atomic E-state index is -0.226. The molecule has 12 rings (SSSR count). The van der Waals surface area contributed by atoms with Crippen LogP contribution in [0.1, 0.15) is 33.2 Å². The highest BCUT2D eigenvalue weighted by Crippen LogP contribution is 2.50. The summed E-state index contributed by atoms with van der Waals surface area (Å²) in [4.78, 5) is 6.68. The zero-order chi connectivity index (χ0) is 34.6. The van der Waals surface area contributed by atoms with Crippen molar-refractivity contribution in [1.82, 2.24) is 4.57 Å². The molecule has 6 aromatic carbocycles. The van der Waals surface area contributed by atoms with Crippen molar-refractivity contribution >= 4 is 54.5 Å². The van der Waals surface area contributed by atoms with Gasteiger partial charge < -0.3 is 14.6 Å². The molecule has 3 atom stereocenters.